The summed E-state index contributed by atoms with van der Waals surface area (Å²) in [5.41, 5.74) is 0.913. The predicted octanol–water partition coefficient (Wildman–Crippen LogP) is 3.05. The molecule has 1 unspecified atom stereocenters. The van der Waals surface area contributed by atoms with Crippen LogP contribution in [0.3, 0.4) is 0 Å². The molecule has 0 spiro atoms. The summed E-state index contributed by atoms with van der Waals surface area (Å²) < 4.78 is 25.0. The highest BCUT2D eigenvalue weighted by molar-refractivity contribution is 14.1. The van der Waals surface area contributed by atoms with Gasteiger partial charge in [0.05, 0.1) is 18.1 Å². The maximum atomic E-state index is 12.9. The van der Waals surface area contributed by atoms with Crippen LogP contribution in [0.5, 0.6) is 0 Å². The normalized spacial score (nSPS) is 23.3. The van der Waals surface area contributed by atoms with Crippen LogP contribution in [0, 0.1) is 3.57 Å². The molecule has 0 bridgehead atoms. The molecule has 1 aromatic rings. The Morgan fingerprint density at radius 3 is 2.36 bits per heavy atom. The van der Waals surface area contributed by atoms with E-state index in [1.807, 2.05) is 29.2 Å². The topological polar surface area (TPSA) is 66.5 Å². The highest BCUT2D eigenvalue weighted by atomic mass is 127. The molecule has 0 radical (unpaired) electrons. The Morgan fingerprint density at radius 1 is 1.08 bits per heavy atom. The molecular formula is C18H25IN2O3S. The molecule has 1 saturated carbocycles. The number of halogens is 1. The van der Waals surface area contributed by atoms with Gasteiger partial charge in [-0.1, -0.05) is 19.3 Å². The number of amides is 1. The smallest absolute Gasteiger partial charge is 0.242 e. The second-order valence-electron chi connectivity index (χ2n) is 7.01. The summed E-state index contributed by atoms with van der Waals surface area (Å²) >= 11 is 2.25. The maximum absolute atomic E-state index is 12.9. The highest BCUT2D eigenvalue weighted by Gasteiger charge is 2.38. The van der Waals surface area contributed by atoms with Crippen molar-refractivity contribution in [3.63, 3.8) is 0 Å². The molecule has 1 aliphatic heterocycles. The molecule has 138 valence electrons. The van der Waals surface area contributed by atoms with Crippen molar-refractivity contribution in [1.29, 1.82) is 0 Å². The largest absolute Gasteiger partial charge is 0.376 e. The van der Waals surface area contributed by atoms with Gasteiger partial charge < -0.3 is 10.2 Å². The molecule has 3 rings (SSSR count). The number of hydrogen-bond acceptors (Lipinski definition) is 4. The third kappa shape index (κ3) is 5.09. The number of anilines is 1. The number of carbonyl (C=O) groups is 1. The summed E-state index contributed by atoms with van der Waals surface area (Å²) in [5, 5.41) is 3.19. The molecule has 1 amide bonds. The first kappa shape index (κ1) is 18.9. The zero-order valence-corrected chi connectivity index (χ0v) is 17.3. The standard InChI is InChI=1S/C18H25IN2O3S/c19-14-6-8-15(9-7-14)20-12-18(22)21(16-4-2-1-3-5-16)17-10-11-25(23,24)13-17/h6-9,16-17,20H,1-5,10-13H2. The Labute approximate surface area is 163 Å². The lowest BCUT2D eigenvalue weighted by molar-refractivity contribution is -0.134. The van der Waals surface area contributed by atoms with E-state index in [0.717, 1.165) is 34.9 Å². The minimum Gasteiger partial charge on any atom is -0.376 e. The molecule has 1 heterocycles. The van der Waals surface area contributed by atoms with E-state index in [-0.39, 0.29) is 36.0 Å². The van der Waals surface area contributed by atoms with Gasteiger partial charge in [-0.15, -0.1) is 0 Å². The number of hydrogen-bond donors (Lipinski definition) is 1. The summed E-state index contributed by atoms with van der Waals surface area (Å²) in [6.45, 7) is 0.216. The fraction of sp³-hybridized carbons (Fsp3) is 0.611. The van der Waals surface area contributed by atoms with E-state index in [1.165, 1.54) is 6.42 Å². The number of nitrogens with zero attached hydrogens (tertiary/aromatic N) is 1. The number of nitrogens with one attached hydrogen (secondary N) is 1. The van der Waals surface area contributed by atoms with E-state index >= 15 is 0 Å². The van der Waals surface area contributed by atoms with Crippen LogP contribution in [0.1, 0.15) is 38.5 Å². The number of rotatable bonds is 5. The second-order valence-corrected chi connectivity index (χ2v) is 10.5. The van der Waals surface area contributed by atoms with Crippen LogP contribution in [0.25, 0.3) is 0 Å². The van der Waals surface area contributed by atoms with Crippen LogP contribution in [-0.2, 0) is 14.6 Å². The van der Waals surface area contributed by atoms with Gasteiger partial charge >= 0.3 is 0 Å². The number of benzene rings is 1. The van der Waals surface area contributed by atoms with Crippen LogP contribution < -0.4 is 5.32 Å². The molecule has 1 saturated heterocycles. The minimum absolute atomic E-state index is 0.0209. The fourth-order valence-corrected chi connectivity index (χ4v) is 5.97. The highest BCUT2D eigenvalue weighted by Crippen LogP contribution is 2.28. The second kappa shape index (κ2) is 8.24. The van der Waals surface area contributed by atoms with Crippen molar-refractivity contribution in [2.24, 2.45) is 0 Å². The zero-order chi connectivity index (χ0) is 17.9. The van der Waals surface area contributed by atoms with Gasteiger partial charge in [0, 0.05) is 21.3 Å². The lowest BCUT2D eigenvalue weighted by Gasteiger charge is -2.38. The van der Waals surface area contributed by atoms with Crippen molar-refractivity contribution >= 4 is 44.0 Å². The van der Waals surface area contributed by atoms with Crippen molar-refractivity contribution < 1.29 is 13.2 Å². The van der Waals surface area contributed by atoms with E-state index in [9.17, 15) is 13.2 Å². The van der Waals surface area contributed by atoms with Crippen LogP contribution in [0.2, 0.25) is 0 Å². The maximum Gasteiger partial charge on any atom is 0.242 e. The van der Waals surface area contributed by atoms with Crippen LogP contribution in [0.15, 0.2) is 24.3 Å². The van der Waals surface area contributed by atoms with E-state index in [4.69, 9.17) is 0 Å². The SMILES string of the molecule is O=C(CNc1ccc(I)cc1)N(C1CCCCC1)C1CCS(=O)(=O)C1. The van der Waals surface area contributed by atoms with Crippen LogP contribution >= 0.6 is 22.6 Å². The molecule has 1 N–H and O–H groups in total. The van der Waals surface area contributed by atoms with Gasteiger partial charge in [-0.05, 0) is 66.1 Å². The summed E-state index contributed by atoms with van der Waals surface area (Å²) in [6, 6.07) is 7.95. The van der Waals surface area contributed by atoms with Gasteiger partial charge in [-0.3, -0.25) is 4.79 Å². The van der Waals surface area contributed by atoms with Crippen LogP contribution in [0.4, 0.5) is 5.69 Å². The van der Waals surface area contributed by atoms with Gasteiger partial charge in [0.1, 0.15) is 0 Å². The summed E-state index contributed by atoms with van der Waals surface area (Å²) in [4.78, 5) is 14.9. The molecule has 1 atom stereocenters. The predicted molar refractivity (Wildman–Crippen MR) is 108 cm³/mol. The fourth-order valence-electron chi connectivity index (χ4n) is 3.90. The molecule has 2 fully saturated rings. The molecular weight excluding hydrogens is 451 g/mol. The molecule has 1 aromatic carbocycles. The van der Waals surface area contributed by atoms with Crippen molar-refractivity contribution in [3.05, 3.63) is 27.8 Å². The van der Waals surface area contributed by atoms with Crippen molar-refractivity contribution in [2.45, 2.75) is 50.6 Å². The average molecular weight is 476 g/mol. The summed E-state index contributed by atoms with van der Waals surface area (Å²) in [6.07, 6.45) is 6.02. The van der Waals surface area contributed by atoms with Crippen molar-refractivity contribution in [2.75, 3.05) is 23.4 Å². The third-order valence-corrected chi connectivity index (χ3v) is 7.62. The van der Waals surface area contributed by atoms with Gasteiger partial charge in [0.15, 0.2) is 9.84 Å². The molecule has 25 heavy (non-hydrogen) atoms. The first-order valence-electron chi connectivity index (χ1n) is 8.96. The number of carbonyl (C=O) groups excluding carboxylic acids is 1. The van der Waals surface area contributed by atoms with E-state index < -0.39 is 9.84 Å². The Morgan fingerprint density at radius 2 is 1.76 bits per heavy atom. The quantitative estimate of drug-likeness (QED) is 0.664. The van der Waals surface area contributed by atoms with Crippen molar-refractivity contribution in [3.8, 4) is 0 Å². The lowest BCUT2D eigenvalue weighted by atomic mass is 9.93. The Balaban J connectivity index is 1.69. The Hall–Kier alpha value is -0.830. The first-order valence-corrected chi connectivity index (χ1v) is 11.9. The Bertz CT molecular complexity index is 700. The molecule has 5 nitrogen and oxygen atoms in total. The summed E-state index contributed by atoms with van der Waals surface area (Å²) in [5.74, 6) is 0.352. The van der Waals surface area contributed by atoms with Crippen LogP contribution in [-0.4, -0.2) is 49.4 Å². The number of sulfone groups is 1. The monoisotopic (exact) mass is 476 g/mol. The summed E-state index contributed by atoms with van der Waals surface area (Å²) in [7, 11) is -3.00. The molecule has 2 aliphatic rings. The van der Waals surface area contributed by atoms with E-state index in [2.05, 4.69) is 27.9 Å². The molecule has 1 aliphatic carbocycles. The van der Waals surface area contributed by atoms with Gasteiger partial charge in [0.25, 0.3) is 0 Å². The minimum atomic E-state index is -3.00. The van der Waals surface area contributed by atoms with Crippen molar-refractivity contribution in [1.82, 2.24) is 4.90 Å². The molecule has 7 heteroatoms. The Kier molecular flexibility index (Phi) is 6.25. The van der Waals surface area contributed by atoms with E-state index in [0.29, 0.717) is 6.42 Å². The molecule has 0 aromatic heterocycles. The average Bonchev–Trinajstić information content (AvgIpc) is 2.95. The zero-order valence-electron chi connectivity index (χ0n) is 14.3. The van der Waals surface area contributed by atoms with Gasteiger partial charge in [-0.25, -0.2) is 8.42 Å². The van der Waals surface area contributed by atoms with E-state index in [1.54, 1.807) is 0 Å². The first-order chi connectivity index (χ1) is 11.9. The lowest BCUT2D eigenvalue weighted by Crippen LogP contribution is -2.50. The van der Waals surface area contributed by atoms with Gasteiger partial charge in [-0.2, -0.15) is 0 Å². The van der Waals surface area contributed by atoms with Gasteiger partial charge in [0.2, 0.25) is 5.91 Å². The third-order valence-electron chi connectivity index (χ3n) is 5.15.